The van der Waals surface area contributed by atoms with Gasteiger partial charge in [-0.3, -0.25) is 0 Å². The van der Waals surface area contributed by atoms with Crippen molar-refractivity contribution in [2.75, 3.05) is 30.8 Å². The van der Waals surface area contributed by atoms with Crippen LogP contribution in [0.5, 0.6) is 0 Å². The number of nitrogen functional groups attached to an aromatic ring is 1. The summed E-state index contributed by atoms with van der Waals surface area (Å²) in [5.41, 5.74) is 8.19. The molecule has 1 saturated heterocycles. The van der Waals surface area contributed by atoms with E-state index < -0.39 is 0 Å². The van der Waals surface area contributed by atoms with E-state index >= 15 is 0 Å². The van der Waals surface area contributed by atoms with Crippen LogP contribution in [0.25, 0.3) is 0 Å². The average Bonchev–Trinajstić information content (AvgIpc) is 2.68. The third-order valence-electron chi connectivity index (χ3n) is 3.78. The lowest BCUT2D eigenvalue weighted by molar-refractivity contribution is 0.0601. The molecule has 0 aromatic heterocycles. The number of hydrogen-bond acceptors (Lipinski definition) is 4. The van der Waals surface area contributed by atoms with Crippen molar-refractivity contribution < 1.29 is 9.53 Å². The molecule has 98 valence electrons. The van der Waals surface area contributed by atoms with Gasteiger partial charge in [0.25, 0.3) is 0 Å². The van der Waals surface area contributed by atoms with Gasteiger partial charge in [0.05, 0.1) is 24.0 Å². The fourth-order valence-electron chi connectivity index (χ4n) is 2.41. The Morgan fingerprint density at radius 3 is 2.44 bits per heavy atom. The first kappa shape index (κ1) is 12.7. The molecule has 4 nitrogen and oxygen atoms in total. The highest BCUT2D eigenvalue weighted by atomic mass is 16.5. The molecule has 0 radical (unpaired) electrons. The summed E-state index contributed by atoms with van der Waals surface area (Å²) in [6, 6.07) is 5.37. The van der Waals surface area contributed by atoms with Crippen LogP contribution < -0.4 is 10.6 Å². The standard InChI is InChI=1S/C14H20N2O2/c1-9-7-16(8-10(9)2)13-5-4-11(6-12(13)15)14(17)18-3/h4-6,9-10H,7-8,15H2,1-3H3. The fraction of sp³-hybridized carbons (Fsp3) is 0.500. The molecule has 4 heteroatoms. The van der Waals surface area contributed by atoms with Crippen LogP contribution in [0, 0.1) is 11.8 Å². The minimum Gasteiger partial charge on any atom is -0.465 e. The molecule has 1 aromatic rings. The maximum Gasteiger partial charge on any atom is 0.337 e. The van der Waals surface area contributed by atoms with Crippen molar-refractivity contribution >= 4 is 17.3 Å². The minimum absolute atomic E-state index is 0.351. The molecule has 0 saturated carbocycles. The largest absolute Gasteiger partial charge is 0.465 e. The van der Waals surface area contributed by atoms with Crippen LogP contribution in [0.4, 0.5) is 11.4 Å². The Labute approximate surface area is 108 Å². The lowest BCUT2D eigenvalue weighted by Crippen LogP contribution is -2.21. The van der Waals surface area contributed by atoms with Crippen molar-refractivity contribution in [2.24, 2.45) is 11.8 Å². The Hall–Kier alpha value is -1.71. The van der Waals surface area contributed by atoms with Crippen molar-refractivity contribution in [3.8, 4) is 0 Å². The van der Waals surface area contributed by atoms with Crippen LogP contribution in [-0.4, -0.2) is 26.2 Å². The predicted molar refractivity (Wildman–Crippen MR) is 72.7 cm³/mol. The monoisotopic (exact) mass is 248 g/mol. The first-order valence-corrected chi connectivity index (χ1v) is 6.25. The number of esters is 1. The zero-order valence-corrected chi connectivity index (χ0v) is 11.1. The van der Waals surface area contributed by atoms with E-state index in [1.807, 2.05) is 6.07 Å². The topological polar surface area (TPSA) is 55.6 Å². The summed E-state index contributed by atoms with van der Waals surface area (Å²) in [5.74, 6) is 0.991. The normalized spacial score (nSPS) is 23.2. The Balaban J connectivity index is 2.23. The molecular weight excluding hydrogens is 228 g/mol. The molecule has 1 aromatic carbocycles. The van der Waals surface area contributed by atoms with Crippen LogP contribution in [-0.2, 0) is 4.74 Å². The van der Waals surface area contributed by atoms with Gasteiger partial charge in [-0.1, -0.05) is 13.8 Å². The van der Waals surface area contributed by atoms with Crippen molar-refractivity contribution in [1.82, 2.24) is 0 Å². The number of benzene rings is 1. The zero-order valence-electron chi connectivity index (χ0n) is 11.1. The number of anilines is 2. The molecule has 1 fully saturated rings. The molecule has 1 aliphatic heterocycles. The highest BCUT2D eigenvalue weighted by Gasteiger charge is 2.27. The SMILES string of the molecule is COC(=O)c1ccc(N2CC(C)C(C)C2)c(N)c1. The number of carbonyl (C=O) groups is 1. The summed E-state index contributed by atoms with van der Waals surface area (Å²) in [7, 11) is 1.37. The first-order chi connectivity index (χ1) is 8.52. The lowest BCUT2D eigenvalue weighted by Gasteiger charge is -2.20. The molecule has 2 atom stereocenters. The van der Waals surface area contributed by atoms with Crippen LogP contribution in [0.1, 0.15) is 24.2 Å². The maximum atomic E-state index is 11.4. The smallest absolute Gasteiger partial charge is 0.337 e. The fourth-order valence-corrected chi connectivity index (χ4v) is 2.41. The van der Waals surface area contributed by atoms with Crippen LogP contribution in [0.3, 0.4) is 0 Å². The quantitative estimate of drug-likeness (QED) is 0.643. The summed E-state index contributed by atoms with van der Waals surface area (Å²) in [6.07, 6.45) is 0. The third-order valence-corrected chi connectivity index (χ3v) is 3.78. The summed E-state index contributed by atoms with van der Waals surface area (Å²) in [4.78, 5) is 13.7. The predicted octanol–water partition coefficient (Wildman–Crippen LogP) is 2.15. The van der Waals surface area contributed by atoms with Crippen LogP contribution >= 0.6 is 0 Å². The second-order valence-corrected chi connectivity index (χ2v) is 5.12. The lowest BCUT2D eigenvalue weighted by atomic mass is 10.0. The summed E-state index contributed by atoms with van der Waals surface area (Å²) >= 11 is 0. The number of nitrogens with zero attached hydrogens (tertiary/aromatic N) is 1. The number of nitrogens with two attached hydrogens (primary N) is 1. The third kappa shape index (κ3) is 2.28. The zero-order chi connectivity index (χ0) is 13.3. The van der Waals surface area contributed by atoms with E-state index in [2.05, 4.69) is 23.5 Å². The second kappa shape index (κ2) is 4.88. The number of carbonyl (C=O) groups excluding carboxylic acids is 1. The average molecular weight is 248 g/mol. The van der Waals surface area contributed by atoms with E-state index in [0.29, 0.717) is 23.1 Å². The molecule has 2 N–H and O–H groups in total. The van der Waals surface area contributed by atoms with Gasteiger partial charge in [-0.25, -0.2) is 4.79 Å². The van der Waals surface area contributed by atoms with E-state index in [-0.39, 0.29) is 5.97 Å². The van der Waals surface area contributed by atoms with E-state index in [1.54, 1.807) is 12.1 Å². The number of rotatable bonds is 2. The second-order valence-electron chi connectivity index (χ2n) is 5.12. The summed E-state index contributed by atoms with van der Waals surface area (Å²) < 4.78 is 4.68. The molecule has 2 rings (SSSR count). The van der Waals surface area contributed by atoms with Crippen molar-refractivity contribution in [3.63, 3.8) is 0 Å². The van der Waals surface area contributed by atoms with E-state index in [0.717, 1.165) is 18.8 Å². The van der Waals surface area contributed by atoms with Gasteiger partial charge in [0.2, 0.25) is 0 Å². The molecule has 0 amide bonds. The van der Waals surface area contributed by atoms with Gasteiger partial charge in [0, 0.05) is 13.1 Å². The van der Waals surface area contributed by atoms with Gasteiger partial charge in [-0.15, -0.1) is 0 Å². The van der Waals surface area contributed by atoms with Gasteiger partial charge < -0.3 is 15.4 Å². The van der Waals surface area contributed by atoms with Gasteiger partial charge in [0.1, 0.15) is 0 Å². The Morgan fingerprint density at radius 1 is 1.33 bits per heavy atom. The van der Waals surface area contributed by atoms with E-state index in [9.17, 15) is 4.79 Å². The molecule has 0 bridgehead atoms. The van der Waals surface area contributed by atoms with Crippen molar-refractivity contribution in [2.45, 2.75) is 13.8 Å². The van der Waals surface area contributed by atoms with Crippen molar-refractivity contribution in [3.05, 3.63) is 23.8 Å². The summed E-state index contributed by atoms with van der Waals surface area (Å²) in [6.45, 7) is 6.54. The Morgan fingerprint density at radius 2 is 1.94 bits per heavy atom. The Bertz CT molecular complexity index is 449. The molecule has 1 aliphatic rings. The van der Waals surface area contributed by atoms with E-state index in [4.69, 9.17) is 5.73 Å². The molecule has 2 unspecified atom stereocenters. The first-order valence-electron chi connectivity index (χ1n) is 6.25. The summed E-state index contributed by atoms with van der Waals surface area (Å²) in [5, 5.41) is 0. The number of methoxy groups -OCH3 is 1. The van der Waals surface area contributed by atoms with Crippen LogP contribution in [0.2, 0.25) is 0 Å². The molecule has 0 spiro atoms. The highest BCUT2D eigenvalue weighted by molar-refractivity contribution is 5.92. The van der Waals surface area contributed by atoms with Gasteiger partial charge in [-0.2, -0.15) is 0 Å². The molecule has 18 heavy (non-hydrogen) atoms. The van der Waals surface area contributed by atoms with E-state index in [1.165, 1.54) is 7.11 Å². The van der Waals surface area contributed by atoms with Gasteiger partial charge >= 0.3 is 5.97 Å². The molecular formula is C14H20N2O2. The van der Waals surface area contributed by atoms with Gasteiger partial charge in [0.15, 0.2) is 0 Å². The van der Waals surface area contributed by atoms with Crippen molar-refractivity contribution in [1.29, 1.82) is 0 Å². The molecule has 1 heterocycles. The molecule has 0 aliphatic carbocycles. The minimum atomic E-state index is -0.351. The number of hydrogen-bond donors (Lipinski definition) is 1. The highest BCUT2D eigenvalue weighted by Crippen LogP contribution is 2.32. The van der Waals surface area contributed by atoms with Crippen LogP contribution in [0.15, 0.2) is 18.2 Å². The Kier molecular flexibility index (Phi) is 3.45. The number of ether oxygens (including phenoxy) is 1. The van der Waals surface area contributed by atoms with Gasteiger partial charge in [-0.05, 0) is 30.0 Å². The maximum absolute atomic E-state index is 11.4.